The normalized spacial score (nSPS) is 11.5. The largest absolute Gasteiger partial charge is 0.325 e. The predicted molar refractivity (Wildman–Crippen MR) is 127 cm³/mol. The third kappa shape index (κ3) is 6.58. The van der Waals surface area contributed by atoms with Crippen molar-refractivity contribution in [3.8, 4) is 0 Å². The number of halogens is 1. The van der Waals surface area contributed by atoms with Crippen LogP contribution < -0.4 is 5.32 Å². The van der Waals surface area contributed by atoms with Gasteiger partial charge in [0.25, 0.3) is 0 Å². The highest BCUT2D eigenvalue weighted by atomic mass is 35.5. The lowest BCUT2D eigenvalue weighted by Gasteiger charge is -2.22. The summed E-state index contributed by atoms with van der Waals surface area (Å²) in [5.74, 6) is -0.399. The summed E-state index contributed by atoms with van der Waals surface area (Å²) in [4.78, 5) is 13.8. The van der Waals surface area contributed by atoms with Crippen LogP contribution in [0.2, 0.25) is 5.02 Å². The molecule has 0 radical (unpaired) electrons. The Morgan fingerprint density at radius 2 is 1.71 bits per heavy atom. The van der Waals surface area contributed by atoms with Crippen molar-refractivity contribution in [2.24, 2.45) is 0 Å². The van der Waals surface area contributed by atoms with Crippen LogP contribution >= 0.6 is 23.4 Å². The number of carbonyl (C=O) groups is 1. The van der Waals surface area contributed by atoms with E-state index < -0.39 is 15.9 Å². The summed E-state index contributed by atoms with van der Waals surface area (Å²) in [6, 6.07) is 22.9. The monoisotopic (exact) mass is 474 g/mol. The molecule has 0 atom stereocenters. The van der Waals surface area contributed by atoms with Gasteiger partial charge in [-0.3, -0.25) is 4.79 Å². The molecule has 3 rings (SSSR count). The molecule has 0 aromatic heterocycles. The Morgan fingerprint density at radius 1 is 1.00 bits per heavy atom. The maximum Gasteiger partial charge on any atom is 0.243 e. The van der Waals surface area contributed by atoms with Crippen molar-refractivity contribution in [3.05, 3.63) is 89.4 Å². The van der Waals surface area contributed by atoms with Crippen molar-refractivity contribution in [2.45, 2.75) is 16.2 Å². The molecule has 31 heavy (non-hydrogen) atoms. The molecule has 0 spiro atoms. The number of hydrogen-bond donors (Lipinski definition) is 1. The Hall–Kier alpha value is -2.32. The highest BCUT2D eigenvalue weighted by Gasteiger charge is 2.26. The molecule has 0 unspecified atom stereocenters. The molecule has 162 valence electrons. The molecule has 5 nitrogen and oxygen atoms in total. The van der Waals surface area contributed by atoms with Crippen molar-refractivity contribution >= 4 is 45.0 Å². The minimum Gasteiger partial charge on any atom is -0.325 e. The zero-order valence-corrected chi connectivity index (χ0v) is 19.4. The highest BCUT2D eigenvalue weighted by molar-refractivity contribution is 7.98. The molecule has 0 aliphatic heterocycles. The lowest BCUT2D eigenvalue weighted by Crippen LogP contribution is -2.39. The molecular formula is C23H23ClN2O3S2. The third-order valence-corrected chi connectivity index (χ3v) is 7.45. The molecule has 0 heterocycles. The van der Waals surface area contributed by atoms with Crippen LogP contribution in [0.3, 0.4) is 0 Å². The summed E-state index contributed by atoms with van der Waals surface area (Å²) in [5, 5.41) is 3.24. The molecule has 1 amide bonds. The van der Waals surface area contributed by atoms with Crippen molar-refractivity contribution in [3.63, 3.8) is 0 Å². The number of amides is 1. The van der Waals surface area contributed by atoms with Gasteiger partial charge < -0.3 is 5.32 Å². The zero-order chi connectivity index (χ0) is 22.3. The second kappa shape index (κ2) is 10.8. The van der Waals surface area contributed by atoms with Gasteiger partial charge >= 0.3 is 0 Å². The lowest BCUT2D eigenvalue weighted by molar-refractivity contribution is -0.116. The van der Waals surface area contributed by atoms with Crippen LogP contribution in [0.5, 0.6) is 0 Å². The molecular weight excluding hydrogens is 452 g/mol. The van der Waals surface area contributed by atoms with E-state index in [2.05, 4.69) is 5.32 Å². The number of thioether (sulfide) groups is 1. The first-order valence-corrected chi connectivity index (χ1v) is 12.7. The third-order valence-electron chi connectivity index (χ3n) is 4.62. The number of rotatable bonds is 9. The maximum absolute atomic E-state index is 13.3. The quantitative estimate of drug-likeness (QED) is 0.446. The second-order valence-corrected chi connectivity index (χ2v) is 10.1. The summed E-state index contributed by atoms with van der Waals surface area (Å²) in [5.41, 5.74) is 1.62. The summed E-state index contributed by atoms with van der Waals surface area (Å²) in [6.07, 6.45) is 2.44. The van der Waals surface area contributed by atoms with Gasteiger partial charge in [-0.25, -0.2) is 8.42 Å². The molecule has 0 aliphatic carbocycles. The van der Waals surface area contributed by atoms with E-state index in [9.17, 15) is 13.2 Å². The number of benzene rings is 3. The average Bonchev–Trinajstić information content (AvgIpc) is 2.77. The van der Waals surface area contributed by atoms with Gasteiger partial charge in [-0.2, -0.15) is 4.31 Å². The Labute approximate surface area is 192 Å². The van der Waals surface area contributed by atoms with Crippen LogP contribution in [0.1, 0.15) is 5.56 Å². The number of nitrogens with zero attached hydrogens (tertiary/aromatic N) is 1. The minimum absolute atomic E-state index is 0.0992. The van der Waals surface area contributed by atoms with Crippen LogP contribution in [0, 0.1) is 0 Å². The number of hydrogen-bond acceptors (Lipinski definition) is 4. The molecule has 0 fully saturated rings. The Morgan fingerprint density at radius 3 is 2.39 bits per heavy atom. The standard InChI is InChI=1S/C23H23ClN2O3S2/c1-30-21-9-5-8-20(16-21)25-23(27)17-26(15-14-18-6-3-2-4-7-18)31(28,29)22-12-10-19(24)11-13-22/h2-13,16H,14-15,17H2,1H3,(H,25,27). The molecule has 3 aromatic rings. The summed E-state index contributed by atoms with van der Waals surface area (Å²) in [6.45, 7) is -0.117. The SMILES string of the molecule is CSc1cccc(NC(=O)CN(CCc2ccccc2)S(=O)(=O)c2ccc(Cl)cc2)c1. The van der Waals surface area contributed by atoms with Crippen LogP contribution in [-0.4, -0.2) is 38.0 Å². The van der Waals surface area contributed by atoms with E-state index in [-0.39, 0.29) is 18.0 Å². The van der Waals surface area contributed by atoms with Crippen molar-refractivity contribution in [2.75, 3.05) is 24.7 Å². The number of anilines is 1. The Bertz CT molecular complexity index is 1120. The first kappa shape index (κ1) is 23.3. The molecule has 8 heteroatoms. The molecule has 0 saturated carbocycles. The van der Waals surface area contributed by atoms with Gasteiger partial charge in [0.1, 0.15) is 0 Å². The average molecular weight is 475 g/mol. The fraction of sp³-hybridized carbons (Fsp3) is 0.174. The van der Waals surface area contributed by atoms with Crippen molar-refractivity contribution in [1.82, 2.24) is 4.31 Å². The van der Waals surface area contributed by atoms with E-state index in [1.807, 2.05) is 54.8 Å². The van der Waals surface area contributed by atoms with Crippen LogP contribution in [0.25, 0.3) is 0 Å². The molecule has 0 saturated heterocycles. The van der Waals surface area contributed by atoms with E-state index in [1.165, 1.54) is 28.6 Å². The first-order valence-electron chi connectivity index (χ1n) is 9.62. The van der Waals surface area contributed by atoms with Crippen LogP contribution in [-0.2, 0) is 21.2 Å². The molecule has 3 aromatic carbocycles. The highest BCUT2D eigenvalue weighted by Crippen LogP contribution is 2.21. The fourth-order valence-electron chi connectivity index (χ4n) is 3.00. The van der Waals surface area contributed by atoms with E-state index in [0.717, 1.165) is 10.5 Å². The van der Waals surface area contributed by atoms with E-state index in [1.54, 1.807) is 17.8 Å². The van der Waals surface area contributed by atoms with Crippen LogP contribution in [0.4, 0.5) is 5.69 Å². The van der Waals surface area contributed by atoms with Gasteiger partial charge in [-0.1, -0.05) is 48.0 Å². The summed E-state index contributed by atoms with van der Waals surface area (Å²) >= 11 is 7.47. The Kier molecular flexibility index (Phi) is 8.15. The fourth-order valence-corrected chi connectivity index (χ4v) is 4.98. The van der Waals surface area contributed by atoms with Gasteiger partial charge in [0.2, 0.25) is 15.9 Å². The minimum atomic E-state index is -3.88. The maximum atomic E-state index is 13.3. The number of carbonyl (C=O) groups excluding carboxylic acids is 1. The van der Waals surface area contributed by atoms with Gasteiger partial charge in [0.05, 0.1) is 11.4 Å². The second-order valence-electron chi connectivity index (χ2n) is 6.81. The number of sulfonamides is 1. The molecule has 1 N–H and O–H groups in total. The van der Waals surface area contributed by atoms with Crippen molar-refractivity contribution < 1.29 is 13.2 Å². The molecule has 0 bridgehead atoms. The van der Waals surface area contributed by atoms with Gasteiger partial charge in [0, 0.05) is 22.2 Å². The first-order chi connectivity index (χ1) is 14.9. The van der Waals surface area contributed by atoms with Crippen molar-refractivity contribution in [1.29, 1.82) is 0 Å². The van der Waals surface area contributed by atoms with Crippen LogP contribution in [0.15, 0.2) is 88.7 Å². The van der Waals surface area contributed by atoms with E-state index in [0.29, 0.717) is 17.1 Å². The smallest absolute Gasteiger partial charge is 0.243 e. The summed E-state index contributed by atoms with van der Waals surface area (Å²) in [7, 11) is -3.88. The van der Waals surface area contributed by atoms with E-state index >= 15 is 0 Å². The van der Waals surface area contributed by atoms with Gasteiger partial charge in [-0.05, 0) is 60.7 Å². The summed E-state index contributed by atoms with van der Waals surface area (Å²) < 4.78 is 27.7. The number of nitrogens with one attached hydrogen (secondary N) is 1. The topological polar surface area (TPSA) is 66.5 Å². The molecule has 0 aliphatic rings. The zero-order valence-electron chi connectivity index (χ0n) is 17.0. The van der Waals surface area contributed by atoms with E-state index in [4.69, 9.17) is 11.6 Å². The van der Waals surface area contributed by atoms with Gasteiger partial charge in [-0.15, -0.1) is 11.8 Å². The van der Waals surface area contributed by atoms with Gasteiger partial charge in [0.15, 0.2) is 0 Å². The predicted octanol–water partition coefficient (Wildman–Crippen LogP) is 4.93. The lowest BCUT2D eigenvalue weighted by atomic mass is 10.1. The Balaban J connectivity index is 1.80.